The fourth-order valence-corrected chi connectivity index (χ4v) is 1.97. The van der Waals surface area contributed by atoms with Gasteiger partial charge in [0.1, 0.15) is 6.54 Å². The van der Waals surface area contributed by atoms with E-state index in [1.165, 1.54) is 0 Å². The third kappa shape index (κ3) is 1.42. The maximum atomic E-state index is 5.46. The zero-order valence-electron chi connectivity index (χ0n) is 9.19. The summed E-state index contributed by atoms with van der Waals surface area (Å²) in [7, 11) is 4.91. The molecule has 82 valence electrons. The van der Waals surface area contributed by atoms with Crippen LogP contribution in [0.3, 0.4) is 0 Å². The van der Waals surface area contributed by atoms with Crippen LogP contribution in [-0.2, 0) is 20.1 Å². The van der Waals surface area contributed by atoms with E-state index in [4.69, 9.17) is 14.3 Å². The average Bonchev–Trinajstić information content (AvgIpc) is 2.64. The van der Waals surface area contributed by atoms with E-state index in [2.05, 4.69) is 0 Å². The van der Waals surface area contributed by atoms with Gasteiger partial charge in [0, 0.05) is 19.8 Å². The first-order valence-electron chi connectivity index (χ1n) is 4.79. The van der Waals surface area contributed by atoms with Gasteiger partial charge < -0.3 is 9.47 Å². The Kier molecular flexibility index (Phi) is 2.65. The van der Waals surface area contributed by atoms with Crippen molar-refractivity contribution in [1.82, 2.24) is 0 Å². The summed E-state index contributed by atoms with van der Waals surface area (Å²) in [6.07, 6.45) is 0. The first-order valence-corrected chi connectivity index (χ1v) is 4.79. The number of nitrogens with zero attached hydrogens (tertiary/aromatic N) is 1. The number of fused-ring (bicyclic) bond motifs is 1. The molecule has 1 aliphatic rings. The molecule has 0 unspecified atom stereocenters. The number of para-hydroxylation sites is 1. The largest absolute Gasteiger partial charge is 0.348 e. The number of anilines is 1. The molecule has 0 amide bonds. The summed E-state index contributed by atoms with van der Waals surface area (Å²) in [6, 6.07) is 7.90. The van der Waals surface area contributed by atoms with Crippen LogP contribution in [0, 0.1) is 0 Å². The monoisotopic (exact) mass is 209 g/mol. The molecule has 1 aromatic carbocycles. The zero-order chi connectivity index (χ0) is 10.9. The van der Waals surface area contributed by atoms with Gasteiger partial charge in [-0.2, -0.15) is 0 Å². The normalized spacial score (nSPS) is 17.9. The van der Waals surface area contributed by atoms with Gasteiger partial charge in [-0.25, -0.2) is 5.06 Å². The topological polar surface area (TPSA) is 30.9 Å². The van der Waals surface area contributed by atoms with Crippen molar-refractivity contribution in [3.63, 3.8) is 0 Å². The summed E-state index contributed by atoms with van der Waals surface area (Å²) >= 11 is 0. The van der Waals surface area contributed by atoms with Gasteiger partial charge in [0.15, 0.2) is 0 Å². The molecule has 0 radical (unpaired) electrons. The minimum Gasteiger partial charge on any atom is -0.348 e. The van der Waals surface area contributed by atoms with E-state index in [1.807, 2.05) is 24.3 Å². The van der Waals surface area contributed by atoms with Gasteiger partial charge in [-0.05, 0) is 6.07 Å². The molecule has 0 aromatic heterocycles. The second-order valence-corrected chi connectivity index (χ2v) is 3.40. The summed E-state index contributed by atoms with van der Waals surface area (Å²) in [5, 5.41) is 1.77. The molecule has 0 atom stereocenters. The van der Waals surface area contributed by atoms with Crippen molar-refractivity contribution in [3.8, 4) is 0 Å². The number of benzene rings is 1. The molecule has 15 heavy (non-hydrogen) atoms. The van der Waals surface area contributed by atoms with E-state index in [0.717, 1.165) is 11.3 Å². The van der Waals surface area contributed by atoms with Crippen molar-refractivity contribution in [2.24, 2.45) is 0 Å². The van der Waals surface area contributed by atoms with Crippen molar-refractivity contribution < 1.29 is 14.3 Å². The van der Waals surface area contributed by atoms with Crippen LogP contribution in [0.4, 0.5) is 5.69 Å². The Morgan fingerprint density at radius 3 is 2.40 bits per heavy atom. The molecule has 0 saturated carbocycles. The fraction of sp³-hybridized carbons (Fsp3) is 0.455. The molecular formula is C11H15NO3. The van der Waals surface area contributed by atoms with Crippen molar-refractivity contribution >= 4 is 5.69 Å². The van der Waals surface area contributed by atoms with Crippen LogP contribution >= 0.6 is 0 Å². The summed E-state index contributed by atoms with van der Waals surface area (Å²) in [5.41, 5.74) is 1.99. The highest BCUT2D eigenvalue weighted by atomic mass is 16.7. The number of methoxy groups -OCH3 is 2. The molecular weight excluding hydrogens is 194 g/mol. The van der Waals surface area contributed by atoms with E-state index in [0.29, 0.717) is 6.54 Å². The number of hydrogen-bond donors (Lipinski definition) is 0. The number of hydrogen-bond acceptors (Lipinski definition) is 4. The maximum absolute atomic E-state index is 5.46. The van der Waals surface area contributed by atoms with Gasteiger partial charge in [-0.3, -0.25) is 4.84 Å². The molecule has 0 saturated heterocycles. The van der Waals surface area contributed by atoms with Crippen LogP contribution in [0.15, 0.2) is 24.3 Å². The third-order valence-electron chi connectivity index (χ3n) is 2.81. The molecule has 2 rings (SSSR count). The molecule has 0 spiro atoms. The van der Waals surface area contributed by atoms with Crippen molar-refractivity contribution in [3.05, 3.63) is 29.8 Å². The van der Waals surface area contributed by atoms with Crippen molar-refractivity contribution in [2.45, 2.75) is 5.79 Å². The lowest BCUT2D eigenvalue weighted by molar-refractivity contribution is -0.207. The number of ether oxygens (including phenoxy) is 2. The highest BCUT2D eigenvalue weighted by Gasteiger charge is 2.43. The molecule has 0 bridgehead atoms. The Hall–Kier alpha value is -1.10. The molecule has 0 aliphatic carbocycles. The highest BCUT2D eigenvalue weighted by Crippen LogP contribution is 2.41. The Morgan fingerprint density at radius 2 is 1.80 bits per heavy atom. The molecule has 1 aromatic rings. The minimum absolute atomic E-state index is 0.538. The summed E-state index contributed by atoms with van der Waals surface area (Å²) in [4.78, 5) is 5.27. The molecule has 0 N–H and O–H groups in total. The fourth-order valence-electron chi connectivity index (χ4n) is 1.97. The summed E-state index contributed by atoms with van der Waals surface area (Å²) < 4.78 is 10.9. The van der Waals surface area contributed by atoms with E-state index in [9.17, 15) is 0 Å². The minimum atomic E-state index is -0.716. The second kappa shape index (κ2) is 3.81. The lowest BCUT2D eigenvalue weighted by Crippen LogP contribution is -2.36. The number of rotatable bonds is 3. The Morgan fingerprint density at radius 1 is 1.13 bits per heavy atom. The van der Waals surface area contributed by atoms with Crippen LogP contribution in [0.1, 0.15) is 5.56 Å². The Labute approximate surface area is 89.3 Å². The van der Waals surface area contributed by atoms with E-state index in [1.54, 1.807) is 26.4 Å². The van der Waals surface area contributed by atoms with Crippen LogP contribution in [0.5, 0.6) is 0 Å². The van der Waals surface area contributed by atoms with Crippen LogP contribution < -0.4 is 5.06 Å². The van der Waals surface area contributed by atoms with Gasteiger partial charge in [0.25, 0.3) is 0 Å². The molecule has 1 aliphatic heterocycles. The second-order valence-electron chi connectivity index (χ2n) is 3.40. The van der Waals surface area contributed by atoms with Crippen molar-refractivity contribution in [2.75, 3.05) is 32.9 Å². The molecule has 4 nitrogen and oxygen atoms in total. The van der Waals surface area contributed by atoms with Gasteiger partial charge >= 0.3 is 0 Å². The maximum Gasteiger partial charge on any atom is 0.217 e. The summed E-state index contributed by atoms with van der Waals surface area (Å²) in [5.74, 6) is -0.716. The van der Waals surface area contributed by atoms with Gasteiger partial charge in [0.05, 0.1) is 12.8 Å². The lowest BCUT2D eigenvalue weighted by atomic mass is 10.1. The predicted octanol–water partition coefficient (Wildman–Crippen LogP) is 1.51. The van der Waals surface area contributed by atoms with E-state index >= 15 is 0 Å². The van der Waals surface area contributed by atoms with Crippen molar-refractivity contribution in [1.29, 1.82) is 0 Å². The first-order chi connectivity index (χ1) is 7.27. The number of hydroxylamine groups is 1. The summed E-state index contributed by atoms with van der Waals surface area (Å²) in [6.45, 7) is 0.538. The predicted molar refractivity (Wildman–Crippen MR) is 56.5 cm³/mol. The third-order valence-corrected chi connectivity index (χ3v) is 2.81. The first kappa shape index (κ1) is 10.4. The molecule has 1 heterocycles. The van der Waals surface area contributed by atoms with Crippen LogP contribution in [0.2, 0.25) is 0 Å². The molecule has 4 heteroatoms. The van der Waals surface area contributed by atoms with E-state index < -0.39 is 5.79 Å². The van der Waals surface area contributed by atoms with Crippen LogP contribution in [-0.4, -0.2) is 27.9 Å². The van der Waals surface area contributed by atoms with E-state index in [-0.39, 0.29) is 0 Å². The van der Waals surface area contributed by atoms with Gasteiger partial charge in [0.2, 0.25) is 5.79 Å². The van der Waals surface area contributed by atoms with Gasteiger partial charge in [-0.1, -0.05) is 18.2 Å². The zero-order valence-corrected chi connectivity index (χ0v) is 9.19. The quantitative estimate of drug-likeness (QED) is 0.706. The lowest BCUT2D eigenvalue weighted by Gasteiger charge is -2.26. The van der Waals surface area contributed by atoms with Crippen LogP contribution in [0.25, 0.3) is 0 Å². The highest BCUT2D eigenvalue weighted by molar-refractivity contribution is 5.58. The Bertz CT molecular complexity index is 349. The smallest absolute Gasteiger partial charge is 0.217 e. The SMILES string of the molecule is CON1CC(OC)(OC)c2ccccc21. The standard InChI is InChI=1S/C11H15NO3/c1-13-11(14-2)8-12(15-3)10-7-5-4-6-9(10)11/h4-7H,8H2,1-3H3. The Balaban J connectivity index is 2.49. The van der Waals surface area contributed by atoms with Gasteiger partial charge in [-0.15, -0.1) is 0 Å². The average molecular weight is 209 g/mol. The molecule has 0 fully saturated rings.